The highest BCUT2D eigenvalue weighted by Gasteiger charge is 2.12. The van der Waals surface area contributed by atoms with Gasteiger partial charge < -0.3 is 10.6 Å². The lowest BCUT2D eigenvalue weighted by molar-refractivity contribution is -0.130. The normalized spacial score (nSPS) is 10.7. The van der Waals surface area contributed by atoms with Crippen molar-refractivity contribution in [2.45, 2.75) is 19.9 Å². The summed E-state index contributed by atoms with van der Waals surface area (Å²) in [7, 11) is 0. The second kappa shape index (κ2) is 8.73. The number of carbonyl (C=O) groups is 1. The molecule has 0 bridgehead atoms. The van der Waals surface area contributed by atoms with Gasteiger partial charge in [-0.25, -0.2) is 0 Å². The maximum absolute atomic E-state index is 12.5. The van der Waals surface area contributed by atoms with E-state index in [0.717, 1.165) is 22.4 Å². The molecule has 0 saturated carbocycles. The van der Waals surface area contributed by atoms with E-state index < -0.39 is 0 Å². The zero-order valence-electron chi connectivity index (χ0n) is 14.1. The zero-order valence-corrected chi connectivity index (χ0v) is 14.1. The van der Waals surface area contributed by atoms with Crippen molar-refractivity contribution in [1.29, 1.82) is 0 Å². The van der Waals surface area contributed by atoms with Gasteiger partial charge in [0.2, 0.25) is 5.91 Å². The van der Waals surface area contributed by atoms with E-state index in [1.54, 1.807) is 11.0 Å². The Morgan fingerprint density at radius 1 is 1.21 bits per heavy atom. The highest BCUT2D eigenvalue weighted by Crippen LogP contribution is 2.17. The first kappa shape index (κ1) is 17.5. The van der Waals surface area contributed by atoms with Crippen LogP contribution in [0.2, 0.25) is 0 Å². The first-order valence-corrected chi connectivity index (χ1v) is 8.05. The van der Waals surface area contributed by atoms with Gasteiger partial charge in [-0.1, -0.05) is 60.7 Å². The molecule has 2 N–H and O–H groups in total. The highest BCUT2D eigenvalue weighted by atomic mass is 16.2. The van der Waals surface area contributed by atoms with Crippen molar-refractivity contribution >= 4 is 17.7 Å². The number of anilines is 1. The van der Waals surface area contributed by atoms with E-state index in [4.69, 9.17) is 5.73 Å². The fourth-order valence-corrected chi connectivity index (χ4v) is 2.46. The molecule has 0 atom stereocenters. The summed E-state index contributed by atoms with van der Waals surface area (Å²) in [4.78, 5) is 14.3. The predicted octanol–water partition coefficient (Wildman–Crippen LogP) is 4.20. The Hall–Kier alpha value is -2.81. The molecule has 0 aliphatic rings. The van der Waals surface area contributed by atoms with Gasteiger partial charge in [0.05, 0.1) is 0 Å². The molecule has 0 fully saturated rings. The van der Waals surface area contributed by atoms with Crippen LogP contribution in [0.15, 0.2) is 67.3 Å². The van der Waals surface area contributed by atoms with Gasteiger partial charge in [0, 0.05) is 25.2 Å². The van der Waals surface area contributed by atoms with Crippen LogP contribution >= 0.6 is 0 Å². The number of nitrogen functional groups attached to an aromatic ring is 1. The van der Waals surface area contributed by atoms with Crippen LogP contribution in [0.3, 0.4) is 0 Å². The molecule has 0 aliphatic heterocycles. The largest absolute Gasteiger partial charge is 0.398 e. The molecule has 2 aromatic carbocycles. The van der Waals surface area contributed by atoms with Crippen molar-refractivity contribution in [1.82, 2.24) is 4.90 Å². The molecule has 0 radical (unpaired) electrons. The summed E-state index contributed by atoms with van der Waals surface area (Å²) in [6.45, 7) is 6.75. The molecule has 3 heteroatoms. The molecular weight excluding hydrogens is 296 g/mol. The highest BCUT2D eigenvalue weighted by molar-refractivity contribution is 5.79. The van der Waals surface area contributed by atoms with Crippen molar-refractivity contribution in [3.63, 3.8) is 0 Å². The molecule has 0 heterocycles. The quantitative estimate of drug-likeness (QED) is 0.614. The van der Waals surface area contributed by atoms with Crippen LogP contribution in [0, 0.1) is 6.92 Å². The summed E-state index contributed by atoms with van der Waals surface area (Å²) in [5, 5.41) is 0. The van der Waals surface area contributed by atoms with Crippen molar-refractivity contribution in [3.8, 4) is 0 Å². The smallest absolute Gasteiger partial charge is 0.226 e. The average Bonchev–Trinajstić information content (AvgIpc) is 2.57. The number of nitrogens with zero attached hydrogens (tertiary/aromatic N) is 1. The third kappa shape index (κ3) is 5.13. The van der Waals surface area contributed by atoms with E-state index in [2.05, 4.69) is 6.58 Å². The van der Waals surface area contributed by atoms with Crippen LogP contribution < -0.4 is 5.73 Å². The summed E-state index contributed by atoms with van der Waals surface area (Å²) in [6, 6.07) is 15.9. The number of carbonyl (C=O) groups excluding carboxylic acids is 1. The number of amides is 1. The van der Waals surface area contributed by atoms with E-state index in [0.29, 0.717) is 19.5 Å². The number of rotatable bonds is 7. The van der Waals surface area contributed by atoms with E-state index in [9.17, 15) is 4.79 Å². The van der Waals surface area contributed by atoms with Crippen LogP contribution in [-0.2, 0) is 11.3 Å². The molecule has 3 nitrogen and oxygen atoms in total. The summed E-state index contributed by atoms with van der Waals surface area (Å²) in [5.41, 5.74) is 9.95. The molecule has 2 aromatic rings. The maximum atomic E-state index is 12.5. The van der Waals surface area contributed by atoms with Crippen LogP contribution in [-0.4, -0.2) is 17.4 Å². The Labute approximate surface area is 144 Å². The summed E-state index contributed by atoms with van der Waals surface area (Å²) in [5.74, 6) is 0.0575. The van der Waals surface area contributed by atoms with Gasteiger partial charge in [-0.05, 0) is 29.7 Å². The Kier molecular flexibility index (Phi) is 6.38. The molecule has 124 valence electrons. The van der Waals surface area contributed by atoms with Crippen molar-refractivity contribution in [3.05, 3.63) is 84.0 Å². The SMILES string of the molecule is C=CCN(Cc1ccc(C)cc1N)C(=O)C/C=C/c1ccccc1. The Bertz CT molecular complexity index is 720. The summed E-state index contributed by atoms with van der Waals surface area (Å²) >= 11 is 0. The van der Waals surface area contributed by atoms with Crippen LogP contribution in [0.1, 0.15) is 23.1 Å². The third-order valence-corrected chi connectivity index (χ3v) is 3.77. The van der Waals surface area contributed by atoms with E-state index >= 15 is 0 Å². The predicted molar refractivity (Wildman–Crippen MR) is 101 cm³/mol. The number of benzene rings is 2. The molecule has 0 aromatic heterocycles. The lowest BCUT2D eigenvalue weighted by Gasteiger charge is -2.21. The van der Waals surface area contributed by atoms with E-state index in [1.807, 2.05) is 67.6 Å². The Balaban J connectivity index is 2.02. The number of aryl methyl sites for hydroxylation is 1. The van der Waals surface area contributed by atoms with Gasteiger partial charge in [-0.3, -0.25) is 4.79 Å². The minimum Gasteiger partial charge on any atom is -0.398 e. The monoisotopic (exact) mass is 320 g/mol. The van der Waals surface area contributed by atoms with Crippen LogP contribution in [0.5, 0.6) is 0 Å². The lowest BCUT2D eigenvalue weighted by atomic mass is 10.1. The van der Waals surface area contributed by atoms with Gasteiger partial charge >= 0.3 is 0 Å². The number of nitrogens with two attached hydrogens (primary N) is 1. The minimum atomic E-state index is 0.0575. The zero-order chi connectivity index (χ0) is 17.4. The molecule has 0 spiro atoms. The molecular formula is C21H24N2O. The first-order chi connectivity index (χ1) is 11.6. The second-order valence-corrected chi connectivity index (χ2v) is 5.78. The third-order valence-electron chi connectivity index (χ3n) is 3.77. The van der Waals surface area contributed by atoms with Gasteiger partial charge in [0.15, 0.2) is 0 Å². The Morgan fingerprint density at radius 3 is 2.62 bits per heavy atom. The van der Waals surface area contributed by atoms with Crippen molar-refractivity contribution in [2.24, 2.45) is 0 Å². The summed E-state index contributed by atoms with van der Waals surface area (Å²) < 4.78 is 0. The standard InChI is InChI=1S/C21H24N2O/c1-3-14-23(16-19-13-12-17(2)15-20(19)22)21(24)11-7-10-18-8-5-4-6-9-18/h3-10,12-13,15H,1,11,14,16,22H2,2H3/b10-7+. The van der Waals surface area contributed by atoms with Crippen LogP contribution in [0.4, 0.5) is 5.69 Å². The van der Waals surface area contributed by atoms with E-state index in [-0.39, 0.29) is 5.91 Å². The molecule has 0 unspecified atom stereocenters. The molecule has 24 heavy (non-hydrogen) atoms. The Morgan fingerprint density at radius 2 is 1.96 bits per heavy atom. The molecule has 2 rings (SSSR count). The fraction of sp³-hybridized carbons (Fsp3) is 0.190. The second-order valence-electron chi connectivity index (χ2n) is 5.78. The first-order valence-electron chi connectivity index (χ1n) is 8.05. The maximum Gasteiger partial charge on any atom is 0.226 e. The van der Waals surface area contributed by atoms with Crippen molar-refractivity contribution < 1.29 is 4.79 Å². The summed E-state index contributed by atoms with van der Waals surface area (Å²) in [6.07, 6.45) is 5.95. The molecule has 0 aliphatic carbocycles. The van der Waals surface area contributed by atoms with Gasteiger partial charge in [-0.15, -0.1) is 6.58 Å². The topological polar surface area (TPSA) is 46.3 Å². The lowest BCUT2D eigenvalue weighted by Crippen LogP contribution is -2.30. The van der Waals surface area contributed by atoms with Gasteiger partial charge in [0.1, 0.15) is 0 Å². The molecule has 0 saturated heterocycles. The van der Waals surface area contributed by atoms with Gasteiger partial charge in [0.25, 0.3) is 0 Å². The number of hydrogen-bond acceptors (Lipinski definition) is 2. The number of hydrogen-bond donors (Lipinski definition) is 1. The van der Waals surface area contributed by atoms with Crippen molar-refractivity contribution in [2.75, 3.05) is 12.3 Å². The van der Waals surface area contributed by atoms with Crippen LogP contribution in [0.25, 0.3) is 6.08 Å². The minimum absolute atomic E-state index is 0.0575. The van der Waals surface area contributed by atoms with Gasteiger partial charge in [-0.2, -0.15) is 0 Å². The molecule has 1 amide bonds. The van der Waals surface area contributed by atoms with E-state index in [1.165, 1.54) is 0 Å². The fourth-order valence-electron chi connectivity index (χ4n) is 2.46. The average molecular weight is 320 g/mol.